The lowest BCUT2D eigenvalue weighted by atomic mass is 10.1. The van der Waals surface area contributed by atoms with E-state index in [2.05, 4.69) is 0 Å². The molecule has 20 heavy (non-hydrogen) atoms. The SMILES string of the molecule is O=C(Nc1ccccc1CCl)C(C(F)(F)F)C(F)(F)F. The number of halogens is 7. The Balaban J connectivity index is 3.04. The molecule has 1 N–H and O–H groups in total. The van der Waals surface area contributed by atoms with Crippen LogP contribution in [0.2, 0.25) is 0 Å². The molecule has 0 saturated heterocycles. The van der Waals surface area contributed by atoms with Crippen LogP contribution in [0.25, 0.3) is 0 Å². The molecule has 0 unspecified atom stereocenters. The van der Waals surface area contributed by atoms with Gasteiger partial charge in [0, 0.05) is 11.6 Å². The number of anilines is 1. The van der Waals surface area contributed by atoms with Gasteiger partial charge in [0.15, 0.2) is 0 Å². The second-order valence-electron chi connectivity index (χ2n) is 3.80. The van der Waals surface area contributed by atoms with Gasteiger partial charge in [0.1, 0.15) is 0 Å². The minimum Gasteiger partial charge on any atom is -0.325 e. The summed E-state index contributed by atoms with van der Waals surface area (Å²) < 4.78 is 74.1. The Morgan fingerprint density at radius 1 is 1.10 bits per heavy atom. The molecule has 0 aliphatic rings. The minimum atomic E-state index is -5.72. The van der Waals surface area contributed by atoms with E-state index in [4.69, 9.17) is 11.6 Å². The average molecular weight is 320 g/mol. The number of hydrogen-bond donors (Lipinski definition) is 1. The van der Waals surface area contributed by atoms with Gasteiger partial charge in [-0.25, -0.2) is 0 Å². The highest BCUT2D eigenvalue weighted by Crippen LogP contribution is 2.40. The number of carbonyl (C=O) groups excluding carboxylic acids is 1. The molecule has 0 heterocycles. The second kappa shape index (κ2) is 5.90. The van der Waals surface area contributed by atoms with Crippen LogP contribution in [-0.2, 0) is 10.7 Å². The third-order valence-corrected chi connectivity index (χ3v) is 2.62. The lowest BCUT2D eigenvalue weighted by Gasteiger charge is -2.22. The molecule has 0 atom stereocenters. The van der Waals surface area contributed by atoms with Gasteiger partial charge in [-0.2, -0.15) is 26.3 Å². The maximum Gasteiger partial charge on any atom is 0.409 e. The summed E-state index contributed by atoms with van der Waals surface area (Å²) in [4.78, 5) is 11.3. The molecule has 0 spiro atoms. The van der Waals surface area contributed by atoms with Crippen molar-refractivity contribution in [3.8, 4) is 0 Å². The second-order valence-corrected chi connectivity index (χ2v) is 4.06. The van der Waals surface area contributed by atoms with Crippen molar-refractivity contribution < 1.29 is 31.1 Å². The lowest BCUT2D eigenvalue weighted by Crippen LogP contribution is -2.45. The van der Waals surface area contributed by atoms with Crippen molar-refractivity contribution in [1.29, 1.82) is 0 Å². The topological polar surface area (TPSA) is 29.1 Å². The van der Waals surface area contributed by atoms with Crippen molar-refractivity contribution in [1.82, 2.24) is 0 Å². The fourth-order valence-corrected chi connectivity index (χ4v) is 1.68. The first kappa shape index (κ1) is 16.6. The number of alkyl halides is 7. The molecular formula is C11H8ClF6NO. The van der Waals surface area contributed by atoms with E-state index >= 15 is 0 Å². The zero-order valence-electron chi connectivity index (χ0n) is 9.65. The first-order chi connectivity index (χ1) is 9.07. The third-order valence-electron chi connectivity index (χ3n) is 2.34. The average Bonchev–Trinajstić information content (AvgIpc) is 2.25. The molecule has 0 aliphatic heterocycles. The van der Waals surface area contributed by atoms with Crippen molar-refractivity contribution >= 4 is 23.2 Å². The van der Waals surface area contributed by atoms with Crippen molar-refractivity contribution in [2.45, 2.75) is 18.2 Å². The van der Waals surface area contributed by atoms with E-state index in [0.717, 1.165) is 0 Å². The van der Waals surface area contributed by atoms with Gasteiger partial charge in [0.05, 0.1) is 0 Å². The van der Waals surface area contributed by atoms with Crippen molar-refractivity contribution in [2.24, 2.45) is 5.92 Å². The summed E-state index contributed by atoms with van der Waals surface area (Å²) in [5, 5.41) is 1.61. The van der Waals surface area contributed by atoms with Crippen LogP contribution >= 0.6 is 11.6 Å². The third kappa shape index (κ3) is 4.03. The van der Waals surface area contributed by atoms with Crippen molar-refractivity contribution in [3.05, 3.63) is 29.8 Å². The van der Waals surface area contributed by atoms with Gasteiger partial charge in [0.25, 0.3) is 0 Å². The maximum absolute atomic E-state index is 12.3. The molecule has 112 valence electrons. The first-order valence-corrected chi connectivity index (χ1v) is 5.69. The number of nitrogens with one attached hydrogen (secondary N) is 1. The Morgan fingerprint density at radius 2 is 1.60 bits per heavy atom. The van der Waals surface area contributed by atoms with E-state index in [1.165, 1.54) is 24.3 Å². The standard InChI is InChI=1S/C11H8ClF6NO/c12-5-6-3-1-2-4-7(6)19-9(20)8(10(13,14)15)11(16,17)18/h1-4,8H,5H2,(H,19,20). The van der Waals surface area contributed by atoms with Crippen LogP contribution in [0.4, 0.5) is 32.0 Å². The van der Waals surface area contributed by atoms with Crippen LogP contribution in [0.5, 0.6) is 0 Å². The van der Waals surface area contributed by atoms with Gasteiger partial charge in [-0.05, 0) is 11.6 Å². The summed E-state index contributed by atoms with van der Waals surface area (Å²) in [6, 6.07) is 5.37. The summed E-state index contributed by atoms with van der Waals surface area (Å²) in [5.41, 5.74) is 0.0246. The van der Waals surface area contributed by atoms with Crippen LogP contribution < -0.4 is 5.32 Å². The van der Waals surface area contributed by atoms with E-state index in [1.807, 2.05) is 0 Å². The summed E-state index contributed by atoms with van der Waals surface area (Å²) in [5.74, 6) is -6.44. The summed E-state index contributed by atoms with van der Waals surface area (Å²) >= 11 is 5.48. The monoisotopic (exact) mass is 319 g/mol. The molecule has 1 aromatic rings. The van der Waals surface area contributed by atoms with Crippen molar-refractivity contribution in [2.75, 3.05) is 5.32 Å². The predicted molar refractivity (Wildman–Crippen MR) is 60.2 cm³/mol. The van der Waals surface area contributed by atoms with Crippen LogP contribution in [0.15, 0.2) is 24.3 Å². The van der Waals surface area contributed by atoms with E-state index in [-0.39, 0.29) is 17.1 Å². The molecule has 1 amide bonds. The Bertz CT molecular complexity index is 471. The predicted octanol–water partition coefficient (Wildman–Crippen LogP) is 4.10. The molecule has 0 aromatic heterocycles. The molecule has 1 aromatic carbocycles. The number of amides is 1. The number of carbonyl (C=O) groups is 1. The molecule has 1 rings (SSSR count). The van der Waals surface area contributed by atoms with Gasteiger partial charge in [-0.3, -0.25) is 4.79 Å². The smallest absolute Gasteiger partial charge is 0.325 e. The fourth-order valence-electron chi connectivity index (χ4n) is 1.45. The van der Waals surface area contributed by atoms with Gasteiger partial charge in [0.2, 0.25) is 11.8 Å². The molecule has 0 aliphatic carbocycles. The van der Waals surface area contributed by atoms with Gasteiger partial charge in [-0.15, -0.1) is 11.6 Å². The minimum absolute atomic E-state index is 0.168. The number of hydrogen-bond acceptors (Lipinski definition) is 1. The molecule has 0 saturated carbocycles. The Hall–Kier alpha value is -1.44. The highest BCUT2D eigenvalue weighted by Gasteiger charge is 2.61. The quantitative estimate of drug-likeness (QED) is 0.659. The van der Waals surface area contributed by atoms with E-state index < -0.39 is 24.2 Å². The zero-order chi connectivity index (χ0) is 15.6. The summed E-state index contributed by atoms with van der Waals surface area (Å²) in [6.45, 7) is 0. The van der Waals surface area contributed by atoms with Crippen LogP contribution in [0, 0.1) is 5.92 Å². The van der Waals surface area contributed by atoms with Crippen LogP contribution in [0.1, 0.15) is 5.56 Å². The normalized spacial score (nSPS) is 12.6. The number of para-hydroxylation sites is 1. The Morgan fingerprint density at radius 3 is 2.05 bits per heavy atom. The van der Waals surface area contributed by atoms with Gasteiger partial charge in [-0.1, -0.05) is 18.2 Å². The zero-order valence-corrected chi connectivity index (χ0v) is 10.4. The van der Waals surface area contributed by atoms with Crippen LogP contribution in [-0.4, -0.2) is 18.3 Å². The Labute approximate surface area is 114 Å². The number of benzene rings is 1. The van der Waals surface area contributed by atoms with E-state index in [1.54, 1.807) is 5.32 Å². The van der Waals surface area contributed by atoms with Gasteiger partial charge >= 0.3 is 12.4 Å². The Kier molecular flexibility index (Phi) is 4.90. The summed E-state index contributed by atoms with van der Waals surface area (Å²) in [7, 11) is 0. The molecule has 0 bridgehead atoms. The highest BCUT2D eigenvalue weighted by atomic mass is 35.5. The summed E-state index contributed by atoms with van der Waals surface area (Å²) in [6.07, 6.45) is -11.4. The maximum atomic E-state index is 12.3. The van der Waals surface area contributed by atoms with Gasteiger partial charge < -0.3 is 5.32 Å². The lowest BCUT2D eigenvalue weighted by molar-refractivity contribution is -0.272. The molecule has 0 radical (unpaired) electrons. The molecule has 9 heteroatoms. The highest BCUT2D eigenvalue weighted by molar-refractivity contribution is 6.17. The van der Waals surface area contributed by atoms with Crippen molar-refractivity contribution in [3.63, 3.8) is 0 Å². The first-order valence-electron chi connectivity index (χ1n) is 5.15. The molecule has 0 fully saturated rings. The van der Waals surface area contributed by atoms with Crippen LogP contribution in [0.3, 0.4) is 0 Å². The van der Waals surface area contributed by atoms with E-state index in [9.17, 15) is 31.1 Å². The van der Waals surface area contributed by atoms with E-state index in [0.29, 0.717) is 0 Å². The largest absolute Gasteiger partial charge is 0.409 e. The number of rotatable bonds is 3. The molecule has 2 nitrogen and oxygen atoms in total. The molecular weight excluding hydrogens is 312 g/mol. The fraction of sp³-hybridized carbons (Fsp3) is 0.364.